The fourth-order valence-electron chi connectivity index (χ4n) is 3.18. The third-order valence-corrected chi connectivity index (χ3v) is 6.31. The van der Waals surface area contributed by atoms with Gasteiger partial charge in [0, 0.05) is 26.3 Å². The number of sulfonamides is 1. The summed E-state index contributed by atoms with van der Waals surface area (Å²) in [6, 6.07) is 12.7. The minimum Gasteiger partial charge on any atom is -0.507 e. The van der Waals surface area contributed by atoms with Crippen LogP contribution in [0.3, 0.4) is 0 Å². The quantitative estimate of drug-likeness (QED) is 0.454. The van der Waals surface area contributed by atoms with Crippen LogP contribution in [0.15, 0.2) is 53.4 Å². The van der Waals surface area contributed by atoms with E-state index in [0.717, 1.165) is 25.0 Å². The summed E-state index contributed by atoms with van der Waals surface area (Å²) in [6.07, 6.45) is 2.82. The Kier molecular flexibility index (Phi) is 8.42. The molecule has 1 fully saturated rings. The summed E-state index contributed by atoms with van der Waals surface area (Å²) in [7, 11) is -3.84. The summed E-state index contributed by atoms with van der Waals surface area (Å²) in [5.41, 5.74) is 0.715. The van der Waals surface area contributed by atoms with E-state index >= 15 is 0 Å². The summed E-state index contributed by atoms with van der Waals surface area (Å²) >= 11 is 0. The number of carbonyl (C=O) groups excluding carboxylic acids is 1. The molecule has 9 heteroatoms. The highest BCUT2D eigenvalue weighted by Crippen LogP contribution is 2.21. The van der Waals surface area contributed by atoms with Gasteiger partial charge in [0.25, 0.3) is 5.91 Å². The van der Waals surface area contributed by atoms with Crippen molar-refractivity contribution in [2.24, 2.45) is 0 Å². The van der Waals surface area contributed by atoms with Crippen molar-refractivity contribution in [3.05, 3.63) is 59.7 Å². The standard InChI is InChI=1S/C22H28N2O6S/c25-21-10-9-19(31(27,28)24-15-17-6-2-1-3-7-17)14-20(21)22(26)23-11-5-12-29-16-18-8-4-13-30-18/h1-3,6-7,9-10,14,18,24-25H,4-5,8,11-13,15-16H2,(H,23,26)/t18-/m1/s1. The number of rotatable bonds is 11. The van der Waals surface area contributed by atoms with E-state index in [2.05, 4.69) is 10.0 Å². The molecule has 1 amide bonds. The van der Waals surface area contributed by atoms with Gasteiger partial charge in [-0.25, -0.2) is 13.1 Å². The predicted molar refractivity (Wildman–Crippen MR) is 115 cm³/mol. The second-order valence-electron chi connectivity index (χ2n) is 7.31. The Hall–Kier alpha value is -2.46. The van der Waals surface area contributed by atoms with E-state index in [1.807, 2.05) is 30.3 Å². The van der Waals surface area contributed by atoms with E-state index in [9.17, 15) is 18.3 Å². The van der Waals surface area contributed by atoms with Crippen LogP contribution in [0.2, 0.25) is 0 Å². The van der Waals surface area contributed by atoms with Gasteiger partial charge in [0.1, 0.15) is 5.75 Å². The molecule has 2 aromatic rings. The average Bonchev–Trinajstić information content (AvgIpc) is 3.29. The van der Waals surface area contributed by atoms with Crippen LogP contribution in [-0.4, -0.2) is 51.9 Å². The molecule has 168 valence electrons. The molecule has 31 heavy (non-hydrogen) atoms. The first-order valence-corrected chi connectivity index (χ1v) is 11.8. The monoisotopic (exact) mass is 448 g/mol. The van der Waals surface area contributed by atoms with Gasteiger partial charge in [0.2, 0.25) is 10.0 Å². The van der Waals surface area contributed by atoms with Gasteiger partial charge in [0.15, 0.2) is 0 Å². The lowest BCUT2D eigenvalue weighted by Crippen LogP contribution is -2.27. The summed E-state index contributed by atoms with van der Waals surface area (Å²) in [4.78, 5) is 12.3. The number of hydrogen-bond donors (Lipinski definition) is 3. The van der Waals surface area contributed by atoms with E-state index in [-0.39, 0.29) is 28.9 Å². The Labute approximate surface area is 182 Å². The van der Waals surface area contributed by atoms with Gasteiger partial charge >= 0.3 is 0 Å². The molecule has 0 spiro atoms. The molecule has 1 aliphatic heterocycles. The molecule has 0 saturated carbocycles. The zero-order valence-corrected chi connectivity index (χ0v) is 18.1. The second kappa shape index (κ2) is 11.2. The molecule has 0 radical (unpaired) electrons. The summed E-state index contributed by atoms with van der Waals surface area (Å²) in [5.74, 6) is -0.828. The zero-order chi connectivity index (χ0) is 22.1. The van der Waals surface area contributed by atoms with Crippen molar-refractivity contribution in [3.63, 3.8) is 0 Å². The van der Waals surface area contributed by atoms with Gasteiger partial charge in [-0.3, -0.25) is 4.79 Å². The molecule has 0 unspecified atom stereocenters. The smallest absolute Gasteiger partial charge is 0.255 e. The highest BCUT2D eigenvalue weighted by atomic mass is 32.2. The van der Waals surface area contributed by atoms with Crippen LogP contribution in [0.5, 0.6) is 5.75 Å². The molecular weight excluding hydrogens is 420 g/mol. The van der Waals surface area contributed by atoms with Crippen molar-refractivity contribution in [1.82, 2.24) is 10.0 Å². The molecule has 3 rings (SSSR count). The highest BCUT2D eigenvalue weighted by molar-refractivity contribution is 7.89. The Morgan fingerprint density at radius 3 is 2.74 bits per heavy atom. The van der Waals surface area contributed by atoms with Gasteiger partial charge < -0.3 is 19.9 Å². The third-order valence-electron chi connectivity index (χ3n) is 4.91. The van der Waals surface area contributed by atoms with Gasteiger partial charge in [0.05, 0.1) is 23.2 Å². The summed E-state index contributed by atoms with van der Waals surface area (Å²) < 4.78 is 38.7. The van der Waals surface area contributed by atoms with Crippen molar-refractivity contribution in [2.45, 2.75) is 36.8 Å². The summed E-state index contributed by atoms with van der Waals surface area (Å²) in [5, 5.41) is 12.7. The first kappa shape index (κ1) is 23.2. The Morgan fingerprint density at radius 1 is 1.19 bits per heavy atom. The molecule has 3 N–H and O–H groups in total. The summed E-state index contributed by atoms with van der Waals surface area (Å²) in [6.45, 7) is 2.27. The number of amides is 1. The van der Waals surface area contributed by atoms with Crippen LogP contribution < -0.4 is 10.0 Å². The Morgan fingerprint density at radius 2 is 2.00 bits per heavy atom. The maximum absolute atomic E-state index is 12.6. The minimum atomic E-state index is -3.84. The second-order valence-corrected chi connectivity index (χ2v) is 9.08. The number of phenolic OH excluding ortho intramolecular Hbond substituents is 1. The SMILES string of the molecule is O=C(NCCCOC[C@H]1CCCO1)c1cc(S(=O)(=O)NCc2ccccc2)ccc1O. The first-order valence-electron chi connectivity index (χ1n) is 10.3. The number of aromatic hydroxyl groups is 1. The molecule has 0 bridgehead atoms. The molecule has 8 nitrogen and oxygen atoms in total. The molecule has 2 aromatic carbocycles. The van der Waals surface area contributed by atoms with Gasteiger partial charge in [-0.05, 0) is 43.0 Å². The van der Waals surface area contributed by atoms with E-state index in [1.54, 1.807) is 0 Å². The van der Waals surface area contributed by atoms with Crippen LogP contribution in [0.4, 0.5) is 0 Å². The number of nitrogens with one attached hydrogen (secondary N) is 2. The highest BCUT2D eigenvalue weighted by Gasteiger charge is 2.19. The number of benzene rings is 2. The number of ether oxygens (including phenoxy) is 2. The fraction of sp³-hybridized carbons (Fsp3) is 0.409. The van der Waals surface area contributed by atoms with E-state index in [1.165, 1.54) is 18.2 Å². The lowest BCUT2D eigenvalue weighted by molar-refractivity contribution is 0.0166. The maximum atomic E-state index is 12.6. The van der Waals surface area contributed by atoms with E-state index in [4.69, 9.17) is 9.47 Å². The Bertz CT molecular complexity index is 959. The van der Waals surface area contributed by atoms with Gasteiger partial charge in [-0.1, -0.05) is 30.3 Å². The lowest BCUT2D eigenvalue weighted by Gasteiger charge is -2.12. The lowest BCUT2D eigenvalue weighted by atomic mass is 10.2. The largest absolute Gasteiger partial charge is 0.507 e. The number of carbonyl (C=O) groups is 1. The normalized spacial score (nSPS) is 16.3. The molecule has 0 aromatic heterocycles. The fourth-order valence-corrected chi connectivity index (χ4v) is 4.23. The van der Waals surface area contributed by atoms with E-state index in [0.29, 0.717) is 26.2 Å². The van der Waals surface area contributed by atoms with Gasteiger partial charge in [-0.15, -0.1) is 0 Å². The molecule has 1 aliphatic rings. The van der Waals surface area contributed by atoms with Gasteiger partial charge in [-0.2, -0.15) is 0 Å². The topological polar surface area (TPSA) is 114 Å². The van der Waals surface area contributed by atoms with Crippen molar-refractivity contribution in [2.75, 3.05) is 26.4 Å². The minimum absolute atomic E-state index is 0.0914. The Balaban J connectivity index is 1.50. The molecule has 1 atom stereocenters. The molecule has 0 aliphatic carbocycles. The van der Waals surface area contributed by atoms with Crippen molar-refractivity contribution in [3.8, 4) is 5.75 Å². The number of phenols is 1. The maximum Gasteiger partial charge on any atom is 0.255 e. The number of hydrogen-bond acceptors (Lipinski definition) is 6. The first-order chi connectivity index (χ1) is 15.0. The van der Waals surface area contributed by atoms with Crippen LogP contribution in [0, 0.1) is 0 Å². The van der Waals surface area contributed by atoms with Crippen molar-refractivity contribution in [1.29, 1.82) is 0 Å². The van der Waals surface area contributed by atoms with Crippen LogP contribution in [-0.2, 0) is 26.0 Å². The third kappa shape index (κ3) is 7.03. The molecule has 1 saturated heterocycles. The van der Waals surface area contributed by atoms with Crippen LogP contribution in [0.1, 0.15) is 35.2 Å². The zero-order valence-electron chi connectivity index (χ0n) is 17.2. The molecular formula is C22H28N2O6S. The molecule has 1 heterocycles. The average molecular weight is 449 g/mol. The van der Waals surface area contributed by atoms with E-state index < -0.39 is 15.9 Å². The predicted octanol–water partition coefficient (Wildman–Crippen LogP) is 2.19. The van der Waals surface area contributed by atoms with Crippen LogP contribution >= 0.6 is 0 Å². The van der Waals surface area contributed by atoms with Crippen molar-refractivity contribution >= 4 is 15.9 Å². The van der Waals surface area contributed by atoms with Crippen molar-refractivity contribution < 1.29 is 27.8 Å². The van der Waals surface area contributed by atoms with Crippen LogP contribution in [0.25, 0.3) is 0 Å².